The van der Waals surface area contributed by atoms with Crippen molar-refractivity contribution < 1.29 is 4.39 Å². The van der Waals surface area contributed by atoms with Crippen LogP contribution in [0.25, 0.3) is 22.7 Å². The van der Waals surface area contributed by atoms with E-state index in [1.807, 2.05) is 4.57 Å². The van der Waals surface area contributed by atoms with Crippen molar-refractivity contribution >= 4 is 40.3 Å². The molecule has 0 atom stereocenters. The molecule has 3 aromatic heterocycles. The van der Waals surface area contributed by atoms with Gasteiger partial charge < -0.3 is 15.6 Å². The lowest BCUT2D eigenvalue weighted by molar-refractivity contribution is 0.631. The van der Waals surface area contributed by atoms with Gasteiger partial charge in [0, 0.05) is 17.3 Å². The molecular formula is C18H14ClFN8. The van der Waals surface area contributed by atoms with Gasteiger partial charge in [0.1, 0.15) is 17.0 Å². The number of aromatic nitrogens is 6. The first-order valence-electron chi connectivity index (χ1n) is 8.64. The summed E-state index contributed by atoms with van der Waals surface area (Å²) < 4.78 is 16.1. The number of benzene rings is 1. The van der Waals surface area contributed by atoms with Gasteiger partial charge in [-0.15, -0.1) is 0 Å². The first kappa shape index (κ1) is 16.8. The molecule has 3 N–H and O–H groups in total. The van der Waals surface area contributed by atoms with Crippen molar-refractivity contribution in [3.8, 4) is 11.5 Å². The molecule has 0 bridgehead atoms. The molecule has 1 saturated carbocycles. The molecule has 28 heavy (non-hydrogen) atoms. The molecule has 5 rings (SSSR count). The summed E-state index contributed by atoms with van der Waals surface area (Å²) in [6.45, 7) is 0. The largest absolute Gasteiger partial charge is 0.368 e. The van der Waals surface area contributed by atoms with Gasteiger partial charge in [-0.25, -0.2) is 24.3 Å². The van der Waals surface area contributed by atoms with Crippen molar-refractivity contribution in [2.24, 2.45) is 0 Å². The average molecular weight is 397 g/mol. The molecule has 0 aliphatic heterocycles. The number of nitrogens with one attached hydrogen (secondary N) is 1. The highest BCUT2D eigenvalue weighted by molar-refractivity contribution is 6.30. The molecule has 0 radical (unpaired) electrons. The van der Waals surface area contributed by atoms with E-state index < -0.39 is 5.82 Å². The molecule has 1 aromatic carbocycles. The number of nitrogen functional groups attached to an aromatic ring is 1. The fourth-order valence-corrected chi connectivity index (χ4v) is 3.19. The van der Waals surface area contributed by atoms with Gasteiger partial charge in [0.15, 0.2) is 11.5 Å². The molecule has 1 aliphatic rings. The third kappa shape index (κ3) is 2.99. The van der Waals surface area contributed by atoms with Crippen LogP contribution in [0.15, 0.2) is 36.7 Å². The molecule has 0 spiro atoms. The van der Waals surface area contributed by atoms with Crippen LogP contribution in [0, 0.1) is 5.82 Å². The summed E-state index contributed by atoms with van der Waals surface area (Å²) in [7, 11) is 0. The molecule has 0 amide bonds. The second-order valence-corrected chi connectivity index (χ2v) is 6.92. The first-order valence-corrected chi connectivity index (χ1v) is 9.02. The monoisotopic (exact) mass is 396 g/mol. The third-order valence-electron chi connectivity index (χ3n) is 4.42. The maximum Gasteiger partial charge on any atom is 0.229 e. The summed E-state index contributed by atoms with van der Waals surface area (Å²) in [6, 6.07) is 6.28. The molecular weight excluding hydrogens is 383 g/mol. The number of halogens is 2. The zero-order chi connectivity index (χ0) is 19.3. The Labute approximate surface area is 163 Å². The molecule has 0 unspecified atom stereocenters. The zero-order valence-electron chi connectivity index (χ0n) is 14.5. The minimum atomic E-state index is -0.444. The van der Waals surface area contributed by atoms with Crippen LogP contribution in [-0.4, -0.2) is 29.5 Å². The van der Waals surface area contributed by atoms with Gasteiger partial charge in [-0.3, -0.25) is 0 Å². The van der Waals surface area contributed by atoms with Crippen molar-refractivity contribution in [3.63, 3.8) is 0 Å². The summed E-state index contributed by atoms with van der Waals surface area (Å²) in [5, 5.41) is 3.30. The Morgan fingerprint density at radius 3 is 2.79 bits per heavy atom. The Kier molecular flexibility index (Phi) is 3.83. The first-order chi connectivity index (χ1) is 13.6. The van der Waals surface area contributed by atoms with Crippen LogP contribution < -0.4 is 11.1 Å². The molecule has 10 heteroatoms. The third-order valence-corrected chi connectivity index (χ3v) is 4.66. The number of imidazole rings is 1. The van der Waals surface area contributed by atoms with Gasteiger partial charge in [0.05, 0.1) is 11.9 Å². The Hall–Kier alpha value is -3.33. The van der Waals surface area contributed by atoms with Gasteiger partial charge in [-0.1, -0.05) is 11.6 Å². The average Bonchev–Trinajstić information content (AvgIpc) is 3.44. The van der Waals surface area contributed by atoms with E-state index in [2.05, 4.69) is 30.2 Å². The normalized spacial score (nSPS) is 13.8. The predicted octanol–water partition coefficient (Wildman–Crippen LogP) is 3.74. The van der Waals surface area contributed by atoms with E-state index in [1.54, 1.807) is 18.5 Å². The standard InChI is InChI=1S/C18H14ClFN8/c19-9-1-4-11(20)13(7-9)26-18-23-8-14-16(27-18)28(10-2-3-10)15(24-14)12-5-6-22-17(21)25-12/h1,4-8,10H,2-3H2,(H2,21,22,25)(H,23,26,27). The molecule has 3 heterocycles. The topological polar surface area (TPSA) is 107 Å². The van der Waals surface area contributed by atoms with Crippen LogP contribution in [0.1, 0.15) is 18.9 Å². The maximum absolute atomic E-state index is 14.0. The Balaban J connectivity index is 1.61. The minimum Gasteiger partial charge on any atom is -0.368 e. The fraction of sp³-hybridized carbons (Fsp3) is 0.167. The molecule has 1 fully saturated rings. The lowest BCUT2D eigenvalue weighted by Crippen LogP contribution is -2.04. The quantitative estimate of drug-likeness (QED) is 0.541. The second-order valence-electron chi connectivity index (χ2n) is 6.49. The molecule has 8 nitrogen and oxygen atoms in total. The van der Waals surface area contributed by atoms with E-state index in [4.69, 9.17) is 17.3 Å². The highest BCUT2D eigenvalue weighted by atomic mass is 35.5. The van der Waals surface area contributed by atoms with Crippen LogP contribution in [0.2, 0.25) is 5.02 Å². The fourth-order valence-electron chi connectivity index (χ4n) is 3.02. The smallest absolute Gasteiger partial charge is 0.229 e. The molecule has 0 saturated heterocycles. The Morgan fingerprint density at radius 2 is 2.00 bits per heavy atom. The lowest BCUT2D eigenvalue weighted by Gasteiger charge is -2.08. The van der Waals surface area contributed by atoms with E-state index in [1.165, 1.54) is 18.2 Å². The van der Waals surface area contributed by atoms with E-state index in [9.17, 15) is 4.39 Å². The van der Waals surface area contributed by atoms with E-state index in [0.29, 0.717) is 27.7 Å². The zero-order valence-corrected chi connectivity index (χ0v) is 15.2. The summed E-state index contributed by atoms with van der Waals surface area (Å²) in [4.78, 5) is 21.7. The number of hydrogen-bond acceptors (Lipinski definition) is 7. The summed E-state index contributed by atoms with van der Waals surface area (Å²) >= 11 is 5.95. The lowest BCUT2D eigenvalue weighted by atomic mass is 10.3. The van der Waals surface area contributed by atoms with E-state index >= 15 is 0 Å². The van der Waals surface area contributed by atoms with Crippen LogP contribution in [0.3, 0.4) is 0 Å². The summed E-state index contributed by atoms with van der Waals surface area (Å²) in [6.07, 6.45) is 5.23. The number of hydrogen-bond donors (Lipinski definition) is 2. The van der Waals surface area contributed by atoms with Gasteiger partial charge in [0.2, 0.25) is 11.9 Å². The van der Waals surface area contributed by atoms with Crippen LogP contribution in [0.4, 0.5) is 22.0 Å². The Bertz CT molecular complexity index is 1200. The van der Waals surface area contributed by atoms with Crippen molar-refractivity contribution in [1.29, 1.82) is 0 Å². The number of nitrogens with two attached hydrogens (primary N) is 1. The molecule has 1 aliphatic carbocycles. The number of fused-ring (bicyclic) bond motifs is 1. The van der Waals surface area contributed by atoms with Crippen molar-refractivity contribution in [1.82, 2.24) is 29.5 Å². The minimum absolute atomic E-state index is 0.178. The number of rotatable bonds is 4. The van der Waals surface area contributed by atoms with Gasteiger partial charge in [-0.2, -0.15) is 4.98 Å². The SMILES string of the molecule is Nc1nccc(-c2nc3cnc(Nc4cc(Cl)ccc4F)nc3n2C2CC2)n1. The second kappa shape index (κ2) is 6.38. The van der Waals surface area contributed by atoms with Crippen LogP contribution in [0.5, 0.6) is 0 Å². The van der Waals surface area contributed by atoms with Crippen molar-refractivity contribution in [2.75, 3.05) is 11.1 Å². The molecule has 4 aromatic rings. The van der Waals surface area contributed by atoms with Crippen molar-refractivity contribution in [3.05, 3.63) is 47.5 Å². The predicted molar refractivity (Wildman–Crippen MR) is 104 cm³/mol. The van der Waals surface area contributed by atoms with Crippen molar-refractivity contribution in [2.45, 2.75) is 18.9 Å². The Morgan fingerprint density at radius 1 is 1.14 bits per heavy atom. The van der Waals surface area contributed by atoms with E-state index in [0.717, 1.165) is 12.8 Å². The van der Waals surface area contributed by atoms with Gasteiger partial charge in [0.25, 0.3) is 0 Å². The summed E-state index contributed by atoms with van der Waals surface area (Å²) in [5.74, 6) is 0.647. The molecule has 140 valence electrons. The van der Waals surface area contributed by atoms with E-state index in [-0.39, 0.29) is 23.6 Å². The van der Waals surface area contributed by atoms with Crippen LogP contribution in [-0.2, 0) is 0 Å². The van der Waals surface area contributed by atoms with Crippen LogP contribution >= 0.6 is 11.6 Å². The number of anilines is 3. The highest BCUT2D eigenvalue weighted by Crippen LogP contribution is 2.40. The maximum atomic E-state index is 14.0. The highest BCUT2D eigenvalue weighted by Gasteiger charge is 2.30. The van der Waals surface area contributed by atoms with Gasteiger partial charge in [-0.05, 0) is 37.1 Å². The summed E-state index contributed by atoms with van der Waals surface area (Å²) in [5.41, 5.74) is 7.81. The number of nitrogens with zero attached hydrogens (tertiary/aromatic N) is 6. The van der Waals surface area contributed by atoms with Gasteiger partial charge >= 0.3 is 0 Å².